The first-order valence-corrected chi connectivity index (χ1v) is 12.4. The van der Waals surface area contributed by atoms with Gasteiger partial charge in [-0.15, -0.1) is 0 Å². The lowest BCUT2D eigenvalue weighted by atomic mass is 10.1. The average molecular weight is 465 g/mol. The van der Waals surface area contributed by atoms with E-state index in [2.05, 4.69) is 5.32 Å². The minimum Gasteiger partial charge on any atom is -0.496 e. The summed E-state index contributed by atoms with van der Waals surface area (Å²) in [6, 6.07) is 12.6. The van der Waals surface area contributed by atoms with Crippen molar-refractivity contribution in [3.63, 3.8) is 0 Å². The molecule has 8 heteroatoms. The molecule has 1 N–H and O–H groups in total. The monoisotopic (exact) mass is 464 g/mol. The van der Waals surface area contributed by atoms with Crippen LogP contribution in [0, 0.1) is 0 Å². The zero-order valence-electron chi connectivity index (χ0n) is 17.8. The van der Waals surface area contributed by atoms with Crippen molar-refractivity contribution in [3.05, 3.63) is 58.6 Å². The molecular formula is C23H29ClN2O4S. The molecule has 1 fully saturated rings. The predicted octanol–water partition coefficient (Wildman–Crippen LogP) is 3.81. The first kappa shape index (κ1) is 23.6. The van der Waals surface area contributed by atoms with Gasteiger partial charge in [0.15, 0.2) is 0 Å². The highest BCUT2D eigenvalue weighted by Crippen LogP contribution is 2.27. The Hall–Kier alpha value is -2.09. The van der Waals surface area contributed by atoms with Crippen LogP contribution < -0.4 is 10.1 Å². The van der Waals surface area contributed by atoms with Gasteiger partial charge in [0.2, 0.25) is 15.9 Å². The van der Waals surface area contributed by atoms with E-state index in [4.69, 9.17) is 16.3 Å². The number of sulfonamides is 1. The molecule has 1 heterocycles. The number of carbonyl (C=O) groups excluding carboxylic acids is 1. The van der Waals surface area contributed by atoms with Crippen molar-refractivity contribution in [2.24, 2.45) is 0 Å². The van der Waals surface area contributed by atoms with Gasteiger partial charge in [-0.2, -0.15) is 4.31 Å². The Morgan fingerprint density at radius 2 is 1.81 bits per heavy atom. The highest BCUT2D eigenvalue weighted by atomic mass is 35.5. The number of nitrogens with one attached hydrogen (secondary N) is 1. The summed E-state index contributed by atoms with van der Waals surface area (Å²) >= 11 is 5.89. The van der Waals surface area contributed by atoms with E-state index in [-0.39, 0.29) is 17.2 Å². The number of methoxy groups -OCH3 is 1. The fourth-order valence-electron chi connectivity index (χ4n) is 3.70. The maximum absolute atomic E-state index is 12.8. The van der Waals surface area contributed by atoms with Crippen LogP contribution >= 0.6 is 11.6 Å². The molecule has 0 spiro atoms. The van der Waals surface area contributed by atoms with Gasteiger partial charge in [-0.3, -0.25) is 4.79 Å². The molecule has 1 amide bonds. The number of hydrogen-bond donors (Lipinski definition) is 1. The third-order valence-electron chi connectivity index (χ3n) is 5.45. The number of ether oxygens (including phenoxy) is 1. The molecule has 3 rings (SSSR count). The van der Waals surface area contributed by atoms with Gasteiger partial charge >= 0.3 is 0 Å². The number of carbonyl (C=O) groups is 1. The average Bonchev–Trinajstić information content (AvgIpc) is 3.32. The fourth-order valence-corrected chi connectivity index (χ4v) is 5.39. The van der Waals surface area contributed by atoms with Crippen LogP contribution in [0.25, 0.3) is 0 Å². The van der Waals surface area contributed by atoms with Crippen molar-refractivity contribution in [1.82, 2.24) is 9.62 Å². The van der Waals surface area contributed by atoms with Crippen molar-refractivity contribution in [1.29, 1.82) is 0 Å². The van der Waals surface area contributed by atoms with Crippen LogP contribution in [-0.4, -0.2) is 45.4 Å². The summed E-state index contributed by atoms with van der Waals surface area (Å²) in [5.74, 6) is 0.530. The van der Waals surface area contributed by atoms with Gasteiger partial charge < -0.3 is 10.1 Å². The van der Waals surface area contributed by atoms with E-state index in [1.807, 2.05) is 24.3 Å². The second-order valence-corrected chi connectivity index (χ2v) is 10.0. The Balaban J connectivity index is 1.52. The molecule has 0 unspecified atom stereocenters. The number of hydrogen-bond acceptors (Lipinski definition) is 4. The fraction of sp³-hybridized carbons (Fsp3) is 0.435. The minimum absolute atomic E-state index is 0.0639. The highest BCUT2D eigenvalue weighted by molar-refractivity contribution is 7.89. The molecule has 0 atom stereocenters. The number of halogens is 1. The number of aryl methyl sites for hydroxylation is 2. The lowest BCUT2D eigenvalue weighted by Crippen LogP contribution is -2.28. The summed E-state index contributed by atoms with van der Waals surface area (Å²) < 4.78 is 32.6. The van der Waals surface area contributed by atoms with Crippen LogP contribution in [-0.2, 0) is 27.7 Å². The predicted molar refractivity (Wildman–Crippen MR) is 122 cm³/mol. The second kappa shape index (κ2) is 11.0. The Bertz CT molecular complexity index is 987. The summed E-state index contributed by atoms with van der Waals surface area (Å²) in [7, 11) is -1.96. The van der Waals surface area contributed by atoms with Crippen LogP contribution in [0.5, 0.6) is 5.75 Å². The molecule has 1 aliphatic rings. The summed E-state index contributed by atoms with van der Waals surface area (Å²) in [5, 5.41) is 3.64. The number of rotatable bonds is 10. The van der Waals surface area contributed by atoms with Crippen LogP contribution in [0.15, 0.2) is 47.4 Å². The van der Waals surface area contributed by atoms with Gasteiger partial charge in [-0.05, 0) is 73.6 Å². The molecule has 0 aromatic heterocycles. The zero-order chi connectivity index (χ0) is 22.3. The third-order valence-corrected chi connectivity index (χ3v) is 7.60. The third kappa shape index (κ3) is 6.45. The van der Waals surface area contributed by atoms with E-state index in [0.29, 0.717) is 36.8 Å². The van der Waals surface area contributed by atoms with Crippen LogP contribution in [0.4, 0.5) is 0 Å². The van der Waals surface area contributed by atoms with Crippen LogP contribution in [0.3, 0.4) is 0 Å². The number of amides is 1. The van der Waals surface area contributed by atoms with Crippen molar-refractivity contribution in [3.8, 4) is 5.75 Å². The molecule has 31 heavy (non-hydrogen) atoms. The lowest BCUT2D eigenvalue weighted by Gasteiger charge is -2.17. The molecule has 0 aliphatic carbocycles. The van der Waals surface area contributed by atoms with Gasteiger partial charge in [-0.25, -0.2) is 8.42 Å². The first-order valence-electron chi connectivity index (χ1n) is 10.6. The Kier molecular flexibility index (Phi) is 8.35. The van der Waals surface area contributed by atoms with E-state index >= 15 is 0 Å². The van der Waals surface area contributed by atoms with Crippen molar-refractivity contribution in [2.75, 3.05) is 26.7 Å². The maximum Gasteiger partial charge on any atom is 0.243 e. The minimum atomic E-state index is -3.50. The molecule has 1 aliphatic heterocycles. The van der Waals surface area contributed by atoms with Crippen LogP contribution in [0.2, 0.25) is 5.02 Å². The molecule has 0 bridgehead atoms. The summed E-state index contributed by atoms with van der Waals surface area (Å²) in [5.41, 5.74) is 1.90. The number of benzene rings is 2. The van der Waals surface area contributed by atoms with Gasteiger partial charge in [0.25, 0.3) is 0 Å². The molecule has 2 aromatic carbocycles. The maximum atomic E-state index is 12.8. The van der Waals surface area contributed by atoms with Crippen molar-refractivity contribution >= 4 is 27.5 Å². The van der Waals surface area contributed by atoms with Gasteiger partial charge in [0.1, 0.15) is 5.75 Å². The van der Waals surface area contributed by atoms with E-state index in [0.717, 1.165) is 31.2 Å². The molecule has 6 nitrogen and oxygen atoms in total. The van der Waals surface area contributed by atoms with Gasteiger partial charge in [0.05, 0.1) is 12.0 Å². The smallest absolute Gasteiger partial charge is 0.243 e. The van der Waals surface area contributed by atoms with E-state index in [1.54, 1.807) is 25.3 Å². The number of nitrogens with zero attached hydrogens (tertiary/aromatic N) is 1. The first-order chi connectivity index (χ1) is 14.9. The van der Waals surface area contributed by atoms with Gasteiger partial charge in [0, 0.05) is 31.1 Å². The van der Waals surface area contributed by atoms with E-state index in [9.17, 15) is 13.2 Å². The molecule has 0 saturated carbocycles. The normalized spacial score (nSPS) is 14.5. The van der Waals surface area contributed by atoms with Gasteiger partial charge in [-0.1, -0.05) is 23.7 Å². The standard InChI is InChI=1S/C23H29ClN2O4S/c1-30-22-12-11-21(31(28,29)26-15-2-3-16-26)17-19(22)8-13-23(27)25-14-4-5-18-6-9-20(24)10-7-18/h6-7,9-12,17H,2-5,8,13-16H2,1H3,(H,25,27). The Morgan fingerprint density at radius 3 is 2.48 bits per heavy atom. The largest absolute Gasteiger partial charge is 0.496 e. The Morgan fingerprint density at radius 1 is 1.10 bits per heavy atom. The molecule has 0 radical (unpaired) electrons. The summed E-state index contributed by atoms with van der Waals surface area (Å²) in [6.45, 7) is 1.70. The second-order valence-electron chi connectivity index (χ2n) is 7.66. The topological polar surface area (TPSA) is 75.7 Å². The quantitative estimate of drug-likeness (QED) is 0.542. The highest BCUT2D eigenvalue weighted by Gasteiger charge is 2.27. The van der Waals surface area contributed by atoms with Crippen molar-refractivity contribution in [2.45, 2.75) is 43.4 Å². The van der Waals surface area contributed by atoms with Crippen molar-refractivity contribution < 1.29 is 17.9 Å². The molecule has 1 saturated heterocycles. The summed E-state index contributed by atoms with van der Waals surface area (Å²) in [6.07, 6.45) is 4.16. The lowest BCUT2D eigenvalue weighted by molar-refractivity contribution is -0.121. The Labute approximate surface area is 189 Å². The van der Waals surface area contributed by atoms with E-state index in [1.165, 1.54) is 9.87 Å². The molecular weight excluding hydrogens is 436 g/mol. The molecule has 2 aromatic rings. The summed E-state index contributed by atoms with van der Waals surface area (Å²) in [4.78, 5) is 12.5. The zero-order valence-corrected chi connectivity index (χ0v) is 19.3. The SMILES string of the molecule is COc1ccc(S(=O)(=O)N2CCCC2)cc1CCC(=O)NCCCc1ccc(Cl)cc1. The van der Waals surface area contributed by atoms with E-state index < -0.39 is 10.0 Å². The molecule has 168 valence electrons. The van der Waals surface area contributed by atoms with Crippen LogP contribution in [0.1, 0.15) is 36.8 Å².